The Hall–Kier alpha value is -1.59. The molecule has 1 amide bonds. The van der Waals surface area contributed by atoms with Crippen LogP contribution >= 0.6 is 0 Å². The summed E-state index contributed by atoms with van der Waals surface area (Å²) >= 11 is 0. The first-order valence-electron chi connectivity index (χ1n) is 6.21. The van der Waals surface area contributed by atoms with Gasteiger partial charge in [0.25, 0.3) is 0 Å². The maximum atomic E-state index is 10.4. The van der Waals surface area contributed by atoms with E-state index >= 15 is 0 Å². The Morgan fingerprint density at radius 1 is 1.53 bits per heavy atom. The number of carbonyl (C=O) groups is 1. The summed E-state index contributed by atoms with van der Waals surface area (Å²) in [5, 5.41) is 2.62. The number of methoxy groups -OCH3 is 1. The molecule has 2 rings (SSSR count). The second-order valence-electron chi connectivity index (χ2n) is 4.91. The van der Waals surface area contributed by atoms with Crippen molar-refractivity contribution in [2.75, 3.05) is 13.7 Å². The molecule has 104 valence electrons. The van der Waals surface area contributed by atoms with Crippen LogP contribution in [-0.2, 0) is 20.9 Å². The van der Waals surface area contributed by atoms with Gasteiger partial charge in [-0.05, 0) is 17.7 Å². The fourth-order valence-corrected chi connectivity index (χ4v) is 2.05. The first-order valence-corrected chi connectivity index (χ1v) is 6.21. The number of hydrogen-bond donors (Lipinski definition) is 1. The number of ether oxygens (including phenoxy) is 3. The summed E-state index contributed by atoms with van der Waals surface area (Å²) in [7, 11) is 1.62. The van der Waals surface area contributed by atoms with Crippen LogP contribution in [0, 0.1) is 0 Å². The largest absolute Gasteiger partial charge is 0.463 e. The van der Waals surface area contributed by atoms with Crippen molar-refractivity contribution in [3.05, 3.63) is 29.3 Å². The molecule has 1 N–H and O–H groups in total. The molecule has 1 aliphatic heterocycles. The van der Waals surface area contributed by atoms with E-state index in [2.05, 4.69) is 5.32 Å². The number of hydrogen-bond acceptors (Lipinski definition) is 4. The van der Waals surface area contributed by atoms with Crippen molar-refractivity contribution in [3.63, 3.8) is 0 Å². The molecule has 0 saturated heterocycles. The molecular formula is C14H19NO4. The van der Waals surface area contributed by atoms with E-state index in [1.54, 1.807) is 7.11 Å². The predicted octanol–water partition coefficient (Wildman–Crippen LogP) is 1.77. The third-order valence-corrected chi connectivity index (χ3v) is 3.06. The van der Waals surface area contributed by atoms with Crippen LogP contribution in [0.4, 0.5) is 0 Å². The highest BCUT2D eigenvalue weighted by Crippen LogP contribution is 2.33. The average Bonchev–Trinajstić information content (AvgIpc) is 2.39. The second-order valence-corrected chi connectivity index (χ2v) is 4.91. The molecule has 1 aromatic rings. The zero-order chi connectivity index (χ0) is 13.9. The fourth-order valence-electron chi connectivity index (χ4n) is 2.05. The lowest BCUT2D eigenvalue weighted by atomic mass is 10.0. The smallest absolute Gasteiger partial charge is 0.207 e. The van der Waals surface area contributed by atoms with Crippen LogP contribution in [0.15, 0.2) is 18.2 Å². The zero-order valence-corrected chi connectivity index (χ0v) is 11.4. The van der Waals surface area contributed by atoms with E-state index in [0.29, 0.717) is 19.6 Å². The molecule has 0 bridgehead atoms. The lowest BCUT2D eigenvalue weighted by Crippen LogP contribution is -2.35. The van der Waals surface area contributed by atoms with E-state index in [-0.39, 0.29) is 6.10 Å². The molecule has 0 saturated carbocycles. The van der Waals surface area contributed by atoms with Gasteiger partial charge in [-0.2, -0.15) is 0 Å². The number of fused-ring (bicyclic) bond motifs is 1. The Bertz CT molecular complexity index is 459. The minimum Gasteiger partial charge on any atom is -0.463 e. The minimum atomic E-state index is -0.589. The van der Waals surface area contributed by atoms with Crippen molar-refractivity contribution >= 4 is 6.41 Å². The molecule has 0 aliphatic carbocycles. The molecule has 1 unspecified atom stereocenters. The molecule has 5 nitrogen and oxygen atoms in total. The molecule has 1 aliphatic rings. The topological polar surface area (TPSA) is 56.8 Å². The Labute approximate surface area is 112 Å². The van der Waals surface area contributed by atoms with Gasteiger partial charge in [-0.1, -0.05) is 6.07 Å². The molecule has 1 heterocycles. The molecule has 0 aromatic heterocycles. The number of rotatable bonds is 5. The average molecular weight is 265 g/mol. The van der Waals surface area contributed by atoms with Gasteiger partial charge in [0, 0.05) is 33.1 Å². The molecule has 5 heteroatoms. The summed E-state index contributed by atoms with van der Waals surface area (Å²) in [6.45, 7) is 4.71. The Morgan fingerprint density at radius 3 is 3.00 bits per heavy atom. The highest BCUT2D eigenvalue weighted by atomic mass is 16.7. The van der Waals surface area contributed by atoms with Gasteiger partial charge in [-0.25, -0.2) is 0 Å². The maximum Gasteiger partial charge on any atom is 0.207 e. The van der Waals surface area contributed by atoms with Gasteiger partial charge in [0.15, 0.2) is 0 Å². The van der Waals surface area contributed by atoms with Crippen LogP contribution in [-0.4, -0.2) is 25.9 Å². The third-order valence-electron chi connectivity index (χ3n) is 3.06. The first-order chi connectivity index (χ1) is 9.05. The Morgan fingerprint density at radius 2 is 2.32 bits per heavy atom. The Kier molecular flexibility index (Phi) is 4.07. The van der Waals surface area contributed by atoms with Gasteiger partial charge in [0.1, 0.15) is 5.75 Å². The van der Waals surface area contributed by atoms with Crippen LogP contribution in [0.25, 0.3) is 0 Å². The van der Waals surface area contributed by atoms with Crippen molar-refractivity contribution in [1.82, 2.24) is 5.32 Å². The highest BCUT2D eigenvalue weighted by molar-refractivity contribution is 5.46. The molecule has 1 aromatic carbocycles. The fraction of sp³-hybridized carbons (Fsp3) is 0.500. The van der Waals surface area contributed by atoms with E-state index in [4.69, 9.17) is 14.2 Å². The number of benzene rings is 1. The molecular weight excluding hydrogens is 246 g/mol. The normalized spacial score (nSPS) is 18.1. The lowest BCUT2D eigenvalue weighted by molar-refractivity contribution is -0.180. The third kappa shape index (κ3) is 3.24. The van der Waals surface area contributed by atoms with Crippen molar-refractivity contribution in [3.8, 4) is 5.75 Å². The van der Waals surface area contributed by atoms with Crippen molar-refractivity contribution < 1.29 is 19.0 Å². The van der Waals surface area contributed by atoms with Gasteiger partial charge in [0.05, 0.1) is 12.7 Å². The van der Waals surface area contributed by atoms with E-state index in [9.17, 15) is 4.79 Å². The van der Waals surface area contributed by atoms with Crippen LogP contribution in [0.1, 0.15) is 31.1 Å². The van der Waals surface area contributed by atoms with Crippen molar-refractivity contribution in [1.29, 1.82) is 0 Å². The quantitative estimate of drug-likeness (QED) is 0.824. The van der Waals surface area contributed by atoms with Gasteiger partial charge < -0.3 is 19.5 Å². The van der Waals surface area contributed by atoms with Crippen molar-refractivity contribution in [2.24, 2.45) is 0 Å². The Balaban J connectivity index is 2.19. The summed E-state index contributed by atoms with van der Waals surface area (Å²) in [5.41, 5.74) is 1.98. The molecule has 0 fully saturated rings. The molecule has 0 radical (unpaired) electrons. The summed E-state index contributed by atoms with van der Waals surface area (Å²) in [6, 6.07) is 5.86. The minimum absolute atomic E-state index is 0.176. The predicted molar refractivity (Wildman–Crippen MR) is 69.8 cm³/mol. The van der Waals surface area contributed by atoms with Crippen LogP contribution < -0.4 is 10.1 Å². The number of carbonyl (C=O) groups excluding carboxylic acids is 1. The summed E-state index contributed by atoms with van der Waals surface area (Å²) in [5.74, 6) is 0.243. The standard InChI is InChI=1S/C14H19NO4/c1-14(2)18-8-11-6-10(4-5-12(11)19-14)13(17-3)7-15-9-16/h4-6,9,13H,7-8H2,1-3H3,(H,15,16). The van der Waals surface area contributed by atoms with Crippen LogP contribution in [0.2, 0.25) is 0 Å². The monoisotopic (exact) mass is 265 g/mol. The van der Waals surface area contributed by atoms with E-state index in [1.165, 1.54) is 0 Å². The molecule has 19 heavy (non-hydrogen) atoms. The summed E-state index contributed by atoms with van der Waals surface area (Å²) in [4.78, 5) is 10.4. The van der Waals surface area contributed by atoms with Gasteiger partial charge >= 0.3 is 0 Å². The summed E-state index contributed by atoms with van der Waals surface area (Å²) in [6.07, 6.45) is 0.490. The van der Waals surface area contributed by atoms with Gasteiger partial charge in [-0.15, -0.1) is 0 Å². The lowest BCUT2D eigenvalue weighted by Gasteiger charge is -2.33. The summed E-state index contributed by atoms with van der Waals surface area (Å²) < 4.78 is 16.7. The highest BCUT2D eigenvalue weighted by Gasteiger charge is 2.27. The van der Waals surface area contributed by atoms with Crippen LogP contribution in [0.3, 0.4) is 0 Å². The first kappa shape index (κ1) is 13.8. The van der Waals surface area contributed by atoms with Gasteiger partial charge in [0.2, 0.25) is 12.2 Å². The molecule has 0 spiro atoms. The second kappa shape index (κ2) is 5.59. The van der Waals surface area contributed by atoms with Crippen molar-refractivity contribution in [2.45, 2.75) is 32.3 Å². The molecule has 1 atom stereocenters. The zero-order valence-electron chi connectivity index (χ0n) is 11.4. The SMILES string of the molecule is COC(CNC=O)c1ccc2c(c1)COC(C)(C)O2. The number of nitrogens with one attached hydrogen (secondary N) is 1. The van der Waals surface area contributed by atoms with Crippen LogP contribution in [0.5, 0.6) is 5.75 Å². The maximum absolute atomic E-state index is 10.4. The number of amides is 1. The van der Waals surface area contributed by atoms with Gasteiger partial charge in [-0.3, -0.25) is 4.79 Å². The van der Waals surface area contributed by atoms with E-state index < -0.39 is 5.79 Å². The van der Waals surface area contributed by atoms with E-state index in [0.717, 1.165) is 16.9 Å². The van der Waals surface area contributed by atoms with E-state index in [1.807, 2.05) is 32.0 Å².